The zero-order valence-electron chi connectivity index (χ0n) is 14.6. The van der Waals surface area contributed by atoms with E-state index in [1.165, 1.54) is 14.9 Å². The summed E-state index contributed by atoms with van der Waals surface area (Å²) in [5, 5.41) is 2.80. The van der Waals surface area contributed by atoms with Crippen molar-refractivity contribution in [3.8, 4) is 5.75 Å². The molecule has 2 heterocycles. The molecule has 26 heavy (non-hydrogen) atoms. The van der Waals surface area contributed by atoms with Crippen LogP contribution in [0.25, 0.3) is 5.78 Å². The summed E-state index contributed by atoms with van der Waals surface area (Å²) < 4.78 is 32.6. The van der Waals surface area contributed by atoms with E-state index in [4.69, 9.17) is 4.74 Å². The third-order valence-corrected chi connectivity index (χ3v) is 4.76. The maximum atomic E-state index is 12.4. The van der Waals surface area contributed by atoms with E-state index < -0.39 is 10.0 Å². The molecule has 0 unspecified atom stereocenters. The Balaban J connectivity index is 2.06. The zero-order valence-corrected chi connectivity index (χ0v) is 15.4. The number of ether oxygens (including phenoxy) is 1. The summed E-state index contributed by atoms with van der Waals surface area (Å²) in [6.45, 7) is 3.82. The summed E-state index contributed by atoms with van der Waals surface area (Å²) in [5.41, 5.74) is 0.621. The summed E-state index contributed by atoms with van der Waals surface area (Å²) >= 11 is 0. The predicted molar refractivity (Wildman–Crippen MR) is 97.0 cm³/mol. The normalized spacial score (nSPS) is 11.7. The second kappa shape index (κ2) is 6.79. The molecule has 0 aliphatic carbocycles. The van der Waals surface area contributed by atoms with E-state index in [-0.39, 0.29) is 23.7 Å². The average Bonchev–Trinajstić information content (AvgIpc) is 2.96. The van der Waals surface area contributed by atoms with Crippen LogP contribution >= 0.6 is 0 Å². The van der Waals surface area contributed by atoms with Gasteiger partial charge in [-0.05, 0) is 26.0 Å². The van der Waals surface area contributed by atoms with Crippen molar-refractivity contribution in [3.05, 3.63) is 52.2 Å². The summed E-state index contributed by atoms with van der Waals surface area (Å²) in [6, 6.07) is 8.22. The van der Waals surface area contributed by atoms with Crippen LogP contribution in [0, 0.1) is 6.92 Å². The lowest BCUT2D eigenvalue weighted by Gasteiger charge is -2.23. The number of sulfonamides is 1. The second-order valence-corrected chi connectivity index (χ2v) is 7.62. The molecule has 138 valence electrons. The van der Waals surface area contributed by atoms with Gasteiger partial charge in [-0.25, -0.2) is 13.4 Å². The number of anilines is 1. The fourth-order valence-electron chi connectivity index (χ4n) is 2.57. The molecule has 0 amide bonds. The summed E-state index contributed by atoms with van der Waals surface area (Å²) in [4.78, 5) is 20.4. The number of nitrogens with zero attached hydrogens (tertiary/aromatic N) is 4. The van der Waals surface area contributed by atoms with Gasteiger partial charge in [0.25, 0.3) is 11.3 Å². The average molecular weight is 377 g/mol. The Hall–Kier alpha value is -2.88. The Labute approximate surface area is 150 Å². The molecule has 0 saturated heterocycles. The quantitative estimate of drug-likeness (QED) is 0.689. The van der Waals surface area contributed by atoms with Gasteiger partial charge in [0, 0.05) is 11.8 Å². The first-order chi connectivity index (χ1) is 12.3. The van der Waals surface area contributed by atoms with Gasteiger partial charge in [-0.2, -0.15) is 9.50 Å². The fraction of sp³-hybridized carbons (Fsp3) is 0.312. The first-order valence-electron chi connectivity index (χ1n) is 7.94. The van der Waals surface area contributed by atoms with Gasteiger partial charge in [0.1, 0.15) is 11.6 Å². The van der Waals surface area contributed by atoms with E-state index in [1.807, 2.05) is 6.92 Å². The fourth-order valence-corrected chi connectivity index (χ4v) is 3.43. The first kappa shape index (κ1) is 17.9. The molecule has 0 bridgehead atoms. The second-order valence-electron chi connectivity index (χ2n) is 5.71. The Bertz CT molecular complexity index is 1100. The van der Waals surface area contributed by atoms with Gasteiger partial charge in [0.15, 0.2) is 0 Å². The smallest absolute Gasteiger partial charge is 0.274 e. The molecular formula is C16H19N5O4S. The number of aromatic amines is 1. The summed E-state index contributed by atoms with van der Waals surface area (Å²) in [6.07, 6.45) is 1.10. The van der Waals surface area contributed by atoms with E-state index in [9.17, 15) is 13.2 Å². The lowest BCUT2D eigenvalue weighted by molar-refractivity contribution is 0.341. The van der Waals surface area contributed by atoms with Crippen molar-refractivity contribution in [3.63, 3.8) is 0 Å². The molecule has 0 atom stereocenters. The molecule has 2 aromatic heterocycles. The van der Waals surface area contributed by atoms with Crippen LogP contribution in [0.1, 0.15) is 18.4 Å². The van der Waals surface area contributed by atoms with Crippen LogP contribution in [0.4, 0.5) is 5.69 Å². The lowest BCUT2D eigenvalue weighted by atomic mass is 10.3. The topological polar surface area (TPSA) is 110 Å². The molecule has 10 heteroatoms. The van der Waals surface area contributed by atoms with E-state index >= 15 is 0 Å². The molecule has 1 N–H and O–H groups in total. The Morgan fingerprint density at radius 2 is 2.00 bits per heavy atom. The number of benzene rings is 1. The van der Waals surface area contributed by atoms with Gasteiger partial charge in [-0.15, -0.1) is 0 Å². The van der Waals surface area contributed by atoms with Gasteiger partial charge >= 0.3 is 0 Å². The minimum Gasteiger partial charge on any atom is -0.492 e. The Kier molecular flexibility index (Phi) is 4.68. The SMILES string of the molecule is CCOc1ccccc1N(Cc1nc2nc(C)cc(=O)n2[nH]1)S(C)(=O)=O. The van der Waals surface area contributed by atoms with Crippen molar-refractivity contribution in [1.82, 2.24) is 19.6 Å². The van der Waals surface area contributed by atoms with Crippen molar-refractivity contribution in [1.29, 1.82) is 0 Å². The number of hydrogen-bond donors (Lipinski definition) is 1. The van der Waals surface area contributed by atoms with Crippen molar-refractivity contribution in [2.75, 3.05) is 17.2 Å². The number of para-hydroxylation sites is 2. The highest BCUT2D eigenvalue weighted by atomic mass is 32.2. The van der Waals surface area contributed by atoms with E-state index in [0.717, 1.165) is 6.26 Å². The number of fused-ring (bicyclic) bond motifs is 1. The van der Waals surface area contributed by atoms with Crippen LogP contribution in [-0.2, 0) is 16.6 Å². The van der Waals surface area contributed by atoms with Crippen LogP contribution in [0.15, 0.2) is 35.1 Å². The van der Waals surface area contributed by atoms with E-state index in [1.54, 1.807) is 31.2 Å². The molecule has 9 nitrogen and oxygen atoms in total. The Morgan fingerprint density at radius 1 is 1.27 bits per heavy atom. The molecule has 0 aliphatic heterocycles. The molecule has 0 spiro atoms. The summed E-state index contributed by atoms with van der Waals surface area (Å²) in [7, 11) is -3.63. The largest absolute Gasteiger partial charge is 0.492 e. The molecule has 3 aromatic rings. The van der Waals surface area contributed by atoms with Crippen molar-refractivity contribution in [2.24, 2.45) is 0 Å². The number of rotatable bonds is 6. The first-order valence-corrected chi connectivity index (χ1v) is 9.79. The van der Waals surface area contributed by atoms with Gasteiger partial charge in [0.05, 0.1) is 25.1 Å². The molecule has 1 aromatic carbocycles. The van der Waals surface area contributed by atoms with Gasteiger partial charge < -0.3 is 4.74 Å². The number of hydrogen-bond acceptors (Lipinski definition) is 6. The summed E-state index contributed by atoms with van der Waals surface area (Å²) in [5.74, 6) is 0.927. The van der Waals surface area contributed by atoms with Crippen molar-refractivity contribution >= 4 is 21.5 Å². The van der Waals surface area contributed by atoms with Gasteiger partial charge in [-0.3, -0.25) is 14.2 Å². The number of aryl methyl sites for hydroxylation is 1. The van der Waals surface area contributed by atoms with Crippen molar-refractivity contribution < 1.29 is 13.2 Å². The van der Waals surface area contributed by atoms with Gasteiger partial charge in [0.2, 0.25) is 10.0 Å². The van der Waals surface area contributed by atoms with Crippen LogP contribution in [0.2, 0.25) is 0 Å². The number of aromatic nitrogens is 4. The Morgan fingerprint density at radius 3 is 2.69 bits per heavy atom. The number of nitrogens with one attached hydrogen (secondary N) is 1. The highest BCUT2D eigenvalue weighted by Crippen LogP contribution is 2.30. The highest BCUT2D eigenvalue weighted by Gasteiger charge is 2.23. The number of H-pyrrole nitrogens is 1. The molecular weight excluding hydrogens is 358 g/mol. The molecule has 3 rings (SSSR count). The van der Waals surface area contributed by atoms with Crippen molar-refractivity contribution in [2.45, 2.75) is 20.4 Å². The van der Waals surface area contributed by atoms with Crippen LogP contribution in [0.5, 0.6) is 5.75 Å². The lowest BCUT2D eigenvalue weighted by Crippen LogP contribution is -2.30. The third kappa shape index (κ3) is 3.54. The minimum absolute atomic E-state index is 0.0925. The maximum Gasteiger partial charge on any atom is 0.274 e. The monoisotopic (exact) mass is 377 g/mol. The minimum atomic E-state index is -3.63. The molecule has 0 saturated carbocycles. The predicted octanol–water partition coefficient (Wildman–Crippen LogP) is 1.09. The maximum absolute atomic E-state index is 12.4. The zero-order chi connectivity index (χ0) is 18.9. The third-order valence-electron chi connectivity index (χ3n) is 3.63. The van der Waals surface area contributed by atoms with Crippen LogP contribution < -0.4 is 14.6 Å². The van der Waals surface area contributed by atoms with E-state index in [0.29, 0.717) is 23.7 Å². The van der Waals surface area contributed by atoms with E-state index in [2.05, 4.69) is 15.1 Å². The standard InChI is InChI=1S/C16H19N5O4S/c1-4-25-13-8-6-5-7-12(13)20(26(3,23)24)10-14-18-16-17-11(2)9-15(22)21(16)19-14/h5-9H,4,10H2,1-3H3,(H,17,18,19). The van der Waals surface area contributed by atoms with Gasteiger partial charge in [-0.1, -0.05) is 12.1 Å². The highest BCUT2D eigenvalue weighted by molar-refractivity contribution is 7.92. The molecule has 0 radical (unpaired) electrons. The molecule has 0 aliphatic rings. The van der Waals surface area contributed by atoms with Crippen LogP contribution in [-0.4, -0.2) is 40.9 Å². The van der Waals surface area contributed by atoms with Crippen LogP contribution in [0.3, 0.4) is 0 Å². The molecule has 0 fully saturated rings.